The van der Waals surface area contributed by atoms with E-state index in [-0.39, 0.29) is 17.6 Å². The van der Waals surface area contributed by atoms with Gasteiger partial charge < -0.3 is 18.9 Å². The van der Waals surface area contributed by atoms with Crippen LogP contribution in [0.25, 0.3) is 0 Å². The minimum Gasteiger partial charge on any atom is -0.486 e. The number of hydrogen-bond donors (Lipinski definition) is 0. The van der Waals surface area contributed by atoms with Gasteiger partial charge in [-0.15, -0.1) is 0 Å². The Morgan fingerprint density at radius 1 is 1.22 bits per heavy atom. The van der Waals surface area contributed by atoms with Crippen LogP contribution in [-0.2, 0) is 11.3 Å². The van der Waals surface area contributed by atoms with Gasteiger partial charge in [-0.05, 0) is 36.6 Å². The molecule has 2 aliphatic rings. The first-order valence-electron chi connectivity index (χ1n) is 11.0. The van der Waals surface area contributed by atoms with Gasteiger partial charge in [-0.25, -0.2) is 4.98 Å². The largest absolute Gasteiger partial charge is 0.486 e. The number of para-hydroxylation sites is 1. The van der Waals surface area contributed by atoms with Crippen LogP contribution in [0.1, 0.15) is 35.2 Å². The maximum absolute atomic E-state index is 13.5. The normalized spacial score (nSPS) is 22.9. The second-order valence-electron chi connectivity index (χ2n) is 8.59. The average molecular weight is 452 g/mol. The molecule has 32 heavy (non-hydrogen) atoms. The van der Waals surface area contributed by atoms with E-state index in [0.717, 1.165) is 36.9 Å². The van der Waals surface area contributed by atoms with Crippen molar-refractivity contribution in [1.29, 1.82) is 0 Å². The summed E-state index contributed by atoms with van der Waals surface area (Å²) in [5, 5.41) is 0.600. The topological polar surface area (TPSA) is 56.6 Å². The van der Waals surface area contributed by atoms with Crippen molar-refractivity contribution in [1.82, 2.24) is 14.5 Å². The predicted molar refractivity (Wildman–Crippen MR) is 122 cm³/mol. The number of likely N-dealkylation sites (tertiary alicyclic amines) is 1. The summed E-state index contributed by atoms with van der Waals surface area (Å²) < 4.78 is 14.4. The molecule has 5 rings (SSSR count). The highest BCUT2D eigenvalue weighted by Gasteiger charge is 2.45. The average Bonchev–Trinajstić information content (AvgIpc) is 3.46. The molecule has 3 heterocycles. The minimum absolute atomic E-state index is 0.0545. The van der Waals surface area contributed by atoms with Crippen LogP contribution in [0.4, 0.5) is 0 Å². The second kappa shape index (κ2) is 8.96. The number of halogens is 1. The molecule has 1 amide bonds. The van der Waals surface area contributed by atoms with E-state index in [0.29, 0.717) is 30.5 Å². The van der Waals surface area contributed by atoms with Crippen molar-refractivity contribution in [2.75, 3.05) is 19.7 Å². The van der Waals surface area contributed by atoms with Gasteiger partial charge in [0, 0.05) is 37.5 Å². The molecule has 0 radical (unpaired) electrons. The summed E-state index contributed by atoms with van der Waals surface area (Å²) >= 11 is 6.25. The highest BCUT2D eigenvalue weighted by Crippen LogP contribution is 2.37. The zero-order valence-electron chi connectivity index (χ0n) is 17.8. The van der Waals surface area contributed by atoms with Gasteiger partial charge in [-0.3, -0.25) is 4.79 Å². The summed E-state index contributed by atoms with van der Waals surface area (Å²) in [6.07, 6.45) is 7.93. The number of imidazole rings is 1. The molecule has 1 spiro atoms. The molecule has 7 heteroatoms. The Kier molecular flexibility index (Phi) is 5.89. The summed E-state index contributed by atoms with van der Waals surface area (Å²) in [5.74, 6) is 0.732. The van der Waals surface area contributed by atoms with Crippen molar-refractivity contribution in [2.24, 2.45) is 0 Å². The van der Waals surface area contributed by atoms with Crippen LogP contribution in [0, 0.1) is 0 Å². The van der Waals surface area contributed by atoms with E-state index in [4.69, 9.17) is 21.1 Å². The maximum Gasteiger partial charge on any atom is 0.254 e. The smallest absolute Gasteiger partial charge is 0.254 e. The standard InChI is InChI=1S/C25H26ClN3O3/c26-22-8-3-4-9-23(22)32-20-14-25(31-16-20)10-5-12-29(17-25)24(30)21-7-2-1-6-19(21)15-28-13-11-27-18-28/h1-4,6-9,11,13,18,20H,5,10,12,14-17H2/t20-,25+/m1/s1. The van der Waals surface area contributed by atoms with E-state index in [1.54, 1.807) is 12.5 Å². The number of nitrogens with zero attached hydrogens (tertiary/aromatic N) is 3. The number of benzene rings is 2. The molecule has 0 unspecified atom stereocenters. The van der Waals surface area contributed by atoms with Crippen LogP contribution >= 0.6 is 11.6 Å². The summed E-state index contributed by atoms with van der Waals surface area (Å²) in [6, 6.07) is 15.3. The molecule has 1 aromatic heterocycles. The van der Waals surface area contributed by atoms with Crippen LogP contribution in [0.2, 0.25) is 5.02 Å². The first-order chi connectivity index (χ1) is 15.6. The minimum atomic E-state index is -0.362. The van der Waals surface area contributed by atoms with Crippen molar-refractivity contribution in [2.45, 2.75) is 37.5 Å². The fourth-order valence-electron chi connectivity index (χ4n) is 4.77. The molecule has 2 aromatic carbocycles. The highest BCUT2D eigenvalue weighted by molar-refractivity contribution is 6.32. The van der Waals surface area contributed by atoms with E-state index < -0.39 is 0 Å². The van der Waals surface area contributed by atoms with E-state index in [2.05, 4.69) is 4.98 Å². The fraction of sp³-hybridized carbons (Fsp3) is 0.360. The number of ether oxygens (including phenoxy) is 2. The zero-order valence-corrected chi connectivity index (χ0v) is 18.6. The van der Waals surface area contributed by atoms with Gasteiger partial charge in [0.15, 0.2) is 0 Å². The molecule has 2 saturated heterocycles. The molecular weight excluding hydrogens is 426 g/mol. The molecule has 0 bridgehead atoms. The molecule has 2 fully saturated rings. The number of carbonyl (C=O) groups is 1. The van der Waals surface area contributed by atoms with Gasteiger partial charge in [0.1, 0.15) is 11.9 Å². The number of aromatic nitrogens is 2. The van der Waals surface area contributed by atoms with Crippen molar-refractivity contribution < 1.29 is 14.3 Å². The lowest BCUT2D eigenvalue weighted by Crippen LogP contribution is -2.50. The SMILES string of the molecule is O=C(c1ccccc1Cn1ccnc1)N1CCC[C@]2(C[C@@H](Oc3ccccc3Cl)CO2)C1. The first kappa shape index (κ1) is 21.0. The number of carbonyl (C=O) groups excluding carboxylic acids is 1. The Balaban J connectivity index is 1.28. The molecule has 2 aliphatic heterocycles. The Labute approximate surface area is 192 Å². The number of hydrogen-bond acceptors (Lipinski definition) is 4. The summed E-state index contributed by atoms with van der Waals surface area (Å²) in [6.45, 7) is 2.43. The molecule has 0 saturated carbocycles. The quantitative estimate of drug-likeness (QED) is 0.576. The molecule has 166 valence electrons. The summed E-state index contributed by atoms with van der Waals surface area (Å²) in [5.41, 5.74) is 1.36. The monoisotopic (exact) mass is 451 g/mol. The third kappa shape index (κ3) is 4.38. The first-order valence-corrected chi connectivity index (χ1v) is 11.4. The van der Waals surface area contributed by atoms with Crippen molar-refractivity contribution in [3.05, 3.63) is 83.4 Å². The zero-order chi connectivity index (χ0) is 22.0. The third-order valence-electron chi connectivity index (χ3n) is 6.29. The Bertz CT molecular complexity index is 1090. The van der Waals surface area contributed by atoms with E-state index in [1.165, 1.54) is 0 Å². The van der Waals surface area contributed by atoms with Crippen molar-refractivity contribution in [3.8, 4) is 5.75 Å². The second-order valence-corrected chi connectivity index (χ2v) is 9.00. The summed E-state index contributed by atoms with van der Waals surface area (Å²) in [7, 11) is 0. The summed E-state index contributed by atoms with van der Waals surface area (Å²) in [4.78, 5) is 19.5. The Morgan fingerprint density at radius 3 is 2.91 bits per heavy atom. The molecule has 2 atom stereocenters. The number of amides is 1. The Hall–Kier alpha value is -2.83. The molecule has 0 N–H and O–H groups in total. The van der Waals surface area contributed by atoms with Crippen LogP contribution < -0.4 is 4.74 Å². The van der Waals surface area contributed by atoms with Gasteiger partial charge in [0.2, 0.25) is 0 Å². The van der Waals surface area contributed by atoms with Crippen molar-refractivity contribution >= 4 is 17.5 Å². The van der Waals surface area contributed by atoms with Gasteiger partial charge >= 0.3 is 0 Å². The number of piperidine rings is 1. The van der Waals surface area contributed by atoms with Gasteiger partial charge in [-0.1, -0.05) is 41.9 Å². The molecular formula is C25H26ClN3O3. The highest BCUT2D eigenvalue weighted by atomic mass is 35.5. The van der Waals surface area contributed by atoms with Gasteiger partial charge in [0.05, 0.1) is 30.1 Å². The van der Waals surface area contributed by atoms with E-state index in [1.807, 2.05) is 64.2 Å². The van der Waals surface area contributed by atoms with Crippen LogP contribution in [0.15, 0.2) is 67.3 Å². The Morgan fingerprint density at radius 2 is 2.06 bits per heavy atom. The molecule has 6 nitrogen and oxygen atoms in total. The predicted octanol–water partition coefficient (Wildman–Crippen LogP) is 4.43. The maximum atomic E-state index is 13.5. The molecule has 0 aliphatic carbocycles. The van der Waals surface area contributed by atoms with Gasteiger partial charge in [-0.2, -0.15) is 0 Å². The lowest BCUT2D eigenvalue weighted by molar-refractivity contribution is -0.0453. The van der Waals surface area contributed by atoms with Crippen LogP contribution in [-0.4, -0.2) is 51.8 Å². The lowest BCUT2D eigenvalue weighted by atomic mass is 9.88. The fourth-order valence-corrected chi connectivity index (χ4v) is 4.95. The third-order valence-corrected chi connectivity index (χ3v) is 6.60. The van der Waals surface area contributed by atoms with Crippen LogP contribution in [0.3, 0.4) is 0 Å². The van der Waals surface area contributed by atoms with Crippen molar-refractivity contribution in [3.63, 3.8) is 0 Å². The van der Waals surface area contributed by atoms with E-state index >= 15 is 0 Å². The lowest BCUT2D eigenvalue weighted by Gasteiger charge is -2.39. The van der Waals surface area contributed by atoms with E-state index in [9.17, 15) is 4.79 Å². The molecule has 3 aromatic rings. The number of rotatable bonds is 5. The van der Waals surface area contributed by atoms with Crippen LogP contribution in [0.5, 0.6) is 5.75 Å². The van der Waals surface area contributed by atoms with Gasteiger partial charge in [0.25, 0.3) is 5.91 Å².